The highest BCUT2D eigenvalue weighted by atomic mass is 16.2. The molecule has 1 aliphatic carbocycles. The summed E-state index contributed by atoms with van der Waals surface area (Å²) in [6.45, 7) is 6.96. The van der Waals surface area contributed by atoms with Gasteiger partial charge < -0.3 is 21.4 Å². The lowest BCUT2D eigenvalue weighted by Crippen LogP contribution is -2.30. The largest absolute Gasteiger partial charge is 0.352 e. The van der Waals surface area contributed by atoms with Gasteiger partial charge in [0.05, 0.1) is 5.56 Å². The van der Waals surface area contributed by atoms with Crippen molar-refractivity contribution in [1.29, 1.82) is 0 Å². The number of nitrogens with one attached hydrogen (secondary N) is 4. The zero-order valence-corrected chi connectivity index (χ0v) is 17.6. The van der Waals surface area contributed by atoms with Crippen LogP contribution < -0.4 is 21.4 Å². The molecule has 4 N–H and O–H groups in total. The second-order valence-electron chi connectivity index (χ2n) is 7.87. The minimum absolute atomic E-state index is 0. The summed E-state index contributed by atoms with van der Waals surface area (Å²) < 4.78 is 1.84. The molecule has 1 saturated carbocycles. The number of nitrogens with zero attached hydrogens (tertiary/aromatic N) is 2. The number of carbonyl (C=O) groups excluding carboxylic acids is 2. The fourth-order valence-electron chi connectivity index (χ4n) is 3.46. The van der Waals surface area contributed by atoms with E-state index in [9.17, 15) is 9.59 Å². The minimum Gasteiger partial charge on any atom is -0.352 e. The van der Waals surface area contributed by atoms with Gasteiger partial charge in [-0.1, -0.05) is 20.4 Å². The van der Waals surface area contributed by atoms with Gasteiger partial charge in [-0.05, 0) is 56.4 Å². The fourth-order valence-corrected chi connectivity index (χ4v) is 3.46. The molecule has 0 bridgehead atoms. The number of hydrogen-bond acceptors (Lipinski definition) is 5. The van der Waals surface area contributed by atoms with Crippen molar-refractivity contribution in [2.75, 3.05) is 24.0 Å². The molecule has 2 heterocycles. The van der Waals surface area contributed by atoms with Crippen molar-refractivity contribution in [3.05, 3.63) is 52.3 Å². The third kappa shape index (κ3) is 4.73. The molecule has 2 aromatic rings. The molecule has 1 fully saturated rings. The smallest absolute Gasteiger partial charge is 0.253 e. The van der Waals surface area contributed by atoms with E-state index in [4.69, 9.17) is 0 Å². The molecule has 0 spiro atoms. The Hall–Kier alpha value is -3.29. The quantitative estimate of drug-likeness (QED) is 0.572. The summed E-state index contributed by atoms with van der Waals surface area (Å²) in [5.74, 6) is 0.526. The SMILES string of the molecule is C.CCCNC(=O)c1cn2c(c1C)C(Nc1cc(C(=O)NC3CC3)ccc1C)=NCN2. The highest BCUT2D eigenvalue weighted by molar-refractivity contribution is 6.11. The number of fused-ring (bicyclic) bond motifs is 1. The number of aromatic nitrogens is 1. The van der Waals surface area contributed by atoms with Gasteiger partial charge >= 0.3 is 0 Å². The molecule has 1 aromatic heterocycles. The summed E-state index contributed by atoms with van der Waals surface area (Å²) in [6.07, 6.45) is 4.79. The molecule has 31 heavy (non-hydrogen) atoms. The molecule has 8 nitrogen and oxygen atoms in total. The zero-order valence-electron chi connectivity index (χ0n) is 17.6. The monoisotopic (exact) mass is 424 g/mol. The Morgan fingerprint density at radius 3 is 2.71 bits per heavy atom. The van der Waals surface area contributed by atoms with Crippen molar-refractivity contribution in [2.45, 2.75) is 53.5 Å². The molecule has 4 rings (SSSR count). The Morgan fingerprint density at radius 2 is 2.00 bits per heavy atom. The number of carbonyl (C=O) groups is 2. The lowest BCUT2D eigenvalue weighted by Gasteiger charge is -2.21. The number of aliphatic imine (C=N–C) groups is 1. The van der Waals surface area contributed by atoms with Crippen LogP contribution >= 0.6 is 0 Å². The maximum absolute atomic E-state index is 12.5. The molecular weight excluding hydrogens is 392 g/mol. The van der Waals surface area contributed by atoms with Crippen LogP contribution in [0.1, 0.15) is 71.1 Å². The van der Waals surface area contributed by atoms with Crippen LogP contribution in [0.4, 0.5) is 5.69 Å². The first-order valence-corrected chi connectivity index (χ1v) is 10.4. The van der Waals surface area contributed by atoms with Gasteiger partial charge in [-0.25, -0.2) is 4.99 Å². The van der Waals surface area contributed by atoms with Crippen LogP contribution in [0, 0.1) is 13.8 Å². The van der Waals surface area contributed by atoms with Gasteiger partial charge in [0.15, 0.2) is 5.84 Å². The molecule has 1 aromatic carbocycles. The van der Waals surface area contributed by atoms with E-state index in [1.54, 1.807) is 6.20 Å². The standard InChI is InChI=1S/C22H28N6O2.CH4/c1-4-9-23-22(30)17-11-28-19(14(17)3)20(24-12-25-28)27-18-10-15(6-5-13(18)2)21(29)26-16-7-8-16;/h5-6,10-11,16,25H,4,7-9,12H2,1-3H3,(H,23,30)(H,24,27)(H,26,29);1H4. The second kappa shape index (κ2) is 9.24. The molecule has 0 atom stereocenters. The lowest BCUT2D eigenvalue weighted by atomic mass is 10.1. The average Bonchev–Trinajstić information content (AvgIpc) is 3.48. The number of aryl methyl sites for hydroxylation is 1. The van der Waals surface area contributed by atoms with Crippen LogP contribution in [0.2, 0.25) is 0 Å². The van der Waals surface area contributed by atoms with Gasteiger partial charge in [-0.3, -0.25) is 14.3 Å². The summed E-state index contributed by atoms with van der Waals surface area (Å²) in [7, 11) is 0. The van der Waals surface area contributed by atoms with Gasteiger partial charge in [0.1, 0.15) is 12.4 Å². The second-order valence-corrected chi connectivity index (χ2v) is 7.87. The summed E-state index contributed by atoms with van der Waals surface area (Å²) in [4.78, 5) is 29.5. The third-order valence-electron chi connectivity index (χ3n) is 5.41. The van der Waals surface area contributed by atoms with Crippen LogP contribution in [0.3, 0.4) is 0 Å². The van der Waals surface area contributed by atoms with E-state index < -0.39 is 0 Å². The van der Waals surface area contributed by atoms with Crippen molar-refractivity contribution < 1.29 is 9.59 Å². The summed E-state index contributed by atoms with van der Waals surface area (Å²) in [5.41, 5.74) is 7.91. The Balaban J connectivity index is 0.00000272. The predicted molar refractivity (Wildman–Crippen MR) is 125 cm³/mol. The van der Waals surface area contributed by atoms with Crippen LogP contribution in [0.25, 0.3) is 0 Å². The topological polar surface area (TPSA) is 99.5 Å². The molecule has 8 heteroatoms. The molecule has 0 radical (unpaired) electrons. The number of amidine groups is 1. The number of hydrogen-bond donors (Lipinski definition) is 4. The maximum Gasteiger partial charge on any atom is 0.253 e. The summed E-state index contributed by atoms with van der Waals surface area (Å²) >= 11 is 0. The first-order chi connectivity index (χ1) is 14.5. The third-order valence-corrected chi connectivity index (χ3v) is 5.41. The first-order valence-electron chi connectivity index (χ1n) is 10.4. The minimum atomic E-state index is -0.0904. The molecular formula is C23H32N6O2. The average molecular weight is 425 g/mol. The maximum atomic E-state index is 12.5. The van der Waals surface area contributed by atoms with E-state index in [-0.39, 0.29) is 19.2 Å². The Kier molecular flexibility index (Phi) is 6.68. The highest BCUT2D eigenvalue weighted by Gasteiger charge is 2.25. The Bertz CT molecular complexity index is 1020. The van der Waals surface area contributed by atoms with Crippen LogP contribution in [0.5, 0.6) is 0 Å². The number of anilines is 1. The van der Waals surface area contributed by atoms with Crippen LogP contribution in [0.15, 0.2) is 29.4 Å². The van der Waals surface area contributed by atoms with Crippen molar-refractivity contribution in [3.63, 3.8) is 0 Å². The number of amides is 2. The molecule has 2 amide bonds. The predicted octanol–water partition coefficient (Wildman–Crippen LogP) is 3.15. The van der Waals surface area contributed by atoms with E-state index in [2.05, 4.69) is 26.4 Å². The van der Waals surface area contributed by atoms with Crippen LogP contribution in [-0.4, -0.2) is 41.6 Å². The molecule has 0 saturated heterocycles. The van der Waals surface area contributed by atoms with Crippen molar-refractivity contribution in [1.82, 2.24) is 15.3 Å². The summed E-state index contributed by atoms with van der Waals surface area (Å²) in [6, 6.07) is 5.94. The van der Waals surface area contributed by atoms with Gasteiger partial charge in [0, 0.05) is 30.0 Å². The van der Waals surface area contributed by atoms with E-state index in [0.29, 0.717) is 36.2 Å². The van der Waals surface area contributed by atoms with E-state index in [1.165, 1.54) is 0 Å². The Morgan fingerprint density at radius 1 is 1.23 bits per heavy atom. The van der Waals surface area contributed by atoms with Crippen molar-refractivity contribution >= 4 is 23.3 Å². The van der Waals surface area contributed by atoms with Crippen molar-refractivity contribution in [2.24, 2.45) is 4.99 Å². The first kappa shape index (κ1) is 22.4. The molecule has 2 aliphatic rings. The van der Waals surface area contributed by atoms with E-state index in [0.717, 1.165) is 41.8 Å². The summed E-state index contributed by atoms with van der Waals surface area (Å²) in [5, 5.41) is 9.33. The van der Waals surface area contributed by atoms with Crippen molar-refractivity contribution in [3.8, 4) is 0 Å². The van der Waals surface area contributed by atoms with Gasteiger partial charge in [0.2, 0.25) is 0 Å². The number of rotatable bonds is 6. The van der Waals surface area contributed by atoms with Gasteiger partial charge in [-0.2, -0.15) is 0 Å². The zero-order chi connectivity index (χ0) is 21.3. The number of benzene rings is 1. The van der Waals surface area contributed by atoms with E-state index >= 15 is 0 Å². The van der Waals surface area contributed by atoms with Gasteiger partial charge in [-0.15, -0.1) is 0 Å². The lowest BCUT2D eigenvalue weighted by molar-refractivity contribution is 0.0943. The molecule has 1 aliphatic heterocycles. The van der Waals surface area contributed by atoms with E-state index in [1.807, 2.05) is 43.6 Å². The normalized spacial score (nSPS) is 14.5. The fraction of sp³-hybridized carbons (Fsp3) is 0.435. The highest BCUT2D eigenvalue weighted by Crippen LogP contribution is 2.24. The molecule has 166 valence electrons. The Labute approximate surface area is 183 Å². The van der Waals surface area contributed by atoms with Crippen LogP contribution in [-0.2, 0) is 0 Å². The molecule has 0 unspecified atom stereocenters. The van der Waals surface area contributed by atoms with Gasteiger partial charge in [0.25, 0.3) is 11.8 Å².